The van der Waals surface area contributed by atoms with E-state index in [-0.39, 0.29) is 0 Å². The molecular weight excluding hydrogens is 617 g/mol. The third-order valence-electron chi connectivity index (χ3n) is 10.3. The molecule has 0 saturated carbocycles. The minimum Gasteiger partial charge on any atom is -0.455 e. The lowest BCUT2D eigenvalue weighted by atomic mass is 9.80. The van der Waals surface area contributed by atoms with Crippen molar-refractivity contribution < 1.29 is 4.42 Å². The molecule has 0 aliphatic rings. The van der Waals surface area contributed by atoms with Crippen molar-refractivity contribution in [3.63, 3.8) is 0 Å². The Bertz CT molecular complexity index is 2840. The highest BCUT2D eigenvalue weighted by molar-refractivity contribution is 6.25. The van der Waals surface area contributed by atoms with Gasteiger partial charge in [-0.25, -0.2) is 0 Å². The summed E-state index contributed by atoms with van der Waals surface area (Å²) in [7, 11) is 0. The Morgan fingerprint density at radius 2 is 0.667 bits per heavy atom. The summed E-state index contributed by atoms with van der Waals surface area (Å²) in [6.45, 7) is 0. The zero-order valence-corrected chi connectivity index (χ0v) is 27.9. The molecule has 9 aromatic carbocycles. The molecule has 0 unspecified atom stereocenters. The Labute approximate surface area is 296 Å². The highest BCUT2D eigenvalue weighted by atomic mass is 16.3. The van der Waals surface area contributed by atoms with Crippen LogP contribution >= 0.6 is 0 Å². The van der Waals surface area contributed by atoms with Crippen LogP contribution in [0.5, 0.6) is 0 Å². The van der Waals surface area contributed by atoms with Crippen molar-refractivity contribution in [1.29, 1.82) is 0 Å². The molecule has 0 bridgehead atoms. The quantitative estimate of drug-likeness (QED) is 0.169. The molecule has 51 heavy (non-hydrogen) atoms. The van der Waals surface area contributed by atoms with Gasteiger partial charge in [0, 0.05) is 16.3 Å². The fraction of sp³-hybridized carbons (Fsp3) is 0. The van der Waals surface area contributed by atoms with Crippen LogP contribution in [0.25, 0.3) is 99.1 Å². The Morgan fingerprint density at radius 3 is 1.33 bits per heavy atom. The van der Waals surface area contributed by atoms with E-state index in [9.17, 15) is 0 Å². The maximum Gasteiger partial charge on any atom is 0.143 e. The number of rotatable bonds is 5. The van der Waals surface area contributed by atoms with Crippen LogP contribution in [0.4, 0.5) is 0 Å². The topological polar surface area (TPSA) is 13.1 Å². The van der Waals surface area contributed by atoms with Gasteiger partial charge in [-0.05, 0) is 77.7 Å². The van der Waals surface area contributed by atoms with E-state index in [2.05, 4.69) is 188 Å². The van der Waals surface area contributed by atoms with Gasteiger partial charge < -0.3 is 4.42 Å². The number of hydrogen-bond acceptors (Lipinski definition) is 1. The highest BCUT2D eigenvalue weighted by Crippen LogP contribution is 2.51. The summed E-state index contributed by atoms with van der Waals surface area (Å²) in [6.07, 6.45) is 0. The van der Waals surface area contributed by atoms with E-state index in [0.29, 0.717) is 0 Å². The zero-order valence-electron chi connectivity index (χ0n) is 27.9. The molecule has 0 aliphatic carbocycles. The fourth-order valence-electron chi connectivity index (χ4n) is 8.12. The molecule has 10 rings (SSSR count). The lowest BCUT2D eigenvalue weighted by Crippen LogP contribution is -1.96. The summed E-state index contributed by atoms with van der Waals surface area (Å²) in [5, 5.41) is 7.15. The van der Waals surface area contributed by atoms with Crippen molar-refractivity contribution in [3.8, 4) is 55.6 Å². The minimum atomic E-state index is 0.901. The maximum atomic E-state index is 6.68. The van der Waals surface area contributed by atoms with Crippen LogP contribution in [-0.2, 0) is 0 Å². The average Bonchev–Trinajstić information content (AvgIpc) is 3.59. The normalized spacial score (nSPS) is 11.5. The van der Waals surface area contributed by atoms with Crippen molar-refractivity contribution in [1.82, 2.24) is 0 Å². The molecule has 0 radical (unpaired) electrons. The molecule has 0 saturated heterocycles. The Balaban J connectivity index is 1.36. The van der Waals surface area contributed by atoms with Gasteiger partial charge in [-0.15, -0.1) is 0 Å². The second-order valence-electron chi connectivity index (χ2n) is 13.1. The number of fused-ring (bicyclic) bond motifs is 5. The molecule has 0 aliphatic heterocycles. The molecule has 1 nitrogen and oxygen atoms in total. The Morgan fingerprint density at radius 1 is 0.235 bits per heavy atom. The number of hydrogen-bond donors (Lipinski definition) is 0. The maximum absolute atomic E-state index is 6.68. The molecule has 10 aromatic rings. The lowest BCUT2D eigenvalue weighted by Gasteiger charge is -2.23. The summed E-state index contributed by atoms with van der Waals surface area (Å²) < 4.78 is 6.68. The summed E-state index contributed by atoms with van der Waals surface area (Å²) in [4.78, 5) is 0. The first-order valence-electron chi connectivity index (χ1n) is 17.5. The van der Waals surface area contributed by atoms with E-state index in [1.807, 2.05) is 6.07 Å². The molecule has 0 fully saturated rings. The molecule has 1 heteroatoms. The van der Waals surface area contributed by atoms with Gasteiger partial charge >= 0.3 is 0 Å². The molecular formula is C50H32O. The van der Waals surface area contributed by atoms with Crippen molar-refractivity contribution in [2.45, 2.75) is 0 Å². The van der Waals surface area contributed by atoms with Crippen LogP contribution in [0.2, 0.25) is 0 Å². The van der Waals surface area contributed by atoms with Gasteiger partial charge in [0.25, 0.3) is 0 Å². The van der Waals surface area contributed by atoms with Gasteiger partial charge in [-0.3, -0.25) is 0 Å². The third-order valence-corrected chi connectivity index (χ3v) is 10.3. The summed E-state index contributed by atoms with van der Waals surface area (Å²) in [5.41, 5.74) is 13.8. The first kappa shape index (κ1) is 29.2. The minimum absolute atomic E-state index is 0.901. The van der Waals surface area contributed by atoms with Crippen molar-refractivity contribution in [2.24, 2.45) is 0 Å². The number of benzene rings is 9. The van der Waals surface area contributed by atoms with Crippen LogP contribution in [0.15, 0.2) is 199 Å². The van der Waals surface area contributed by atoms with Crippen LogP contribution < -0.4 is 0 Å². The van der Waals surface area contributed by atoms with Crippen LogP contribution in [0, 0.1) is 0 Å². The highest BCUT2D eigenvalue weighted by Gasteiger charge is 2.24. The van der Waals surface area contributed by atoms with Crippen molar-refractivity contribution in [2.75, 3.05) is 0 Å². The molecule has 0 atom stereocenters. The van der Waals surface area contributed by atoms with Gasteiger partial charge in [0.1, 0.15) is 11.2 Å². The van der Waals surface area contributed by atoms with E-state index in [1.54, 1.807) is 0 Å². The Hall–Kier alpha value is -6.70. The average molecular weight is 649 g/mol. The Kier molecular flexibility index (Phi) is 6.89. The smallest absolute Gasteiger partial charge is 0.143 e. The van der Waals surface area contributed by atoms with Crippen LogP contribution in [0.1, 0.15) is 0 Å². The van der Waals surface area contributed by atoms with Crippen LogP contribution in [0.3, 0.4) is 0 Å². The predicted octanol–water partition coefficient (Wildman–Crippen LogP) is 14.2. The molecule has 238 valence electrons. The van der Waals surface area contributed by atoms with Gasteiger partial charge in [-0.1, -0.05) is 188 Å². The molecule has 1 aromatic heterocycles. The lowest BCUT2D eigenvalue weighted by molar-refractivity contribution is 0.670. The standard InChI is InChI=1S/C50H32O/c1-3-17-33(18-4-1)35-21-7-8-23-38(35)47-39-24-9-11-26-41(39)49(42-27-12-10-25-40(42)47)48-36(34-19-5-2-6-20-34)28-15-29-43(48)45-31-16-30-44-37-22-13-14-32-46(37)51-50(44)45/h1-32H. The molecule has 0 N–H and O–H groups in total. The van der Waals surface area contributed by atoms with Crippen LogP contribution in [-0.4, -0.2) is 0 Å². The van der Waals surface area contributed by atoms with Crippen molar-refractivity contribution >= 4 is 43.5 Å². The molecule has 0 spiro atoms. The van der Waals surface area contributed by atoms with E-state index < -0.39 is 0 Å². The predicted molar refractivity (Wildman–Crippen MR) is 216 cm³/mol. The second-order valence-corrected chi connectivity index (χ2v) is 13.1. The largest absolute Gasteiger partial charge is 0.455 e. The first-order valence-corrected chi connectivity index (χ1v) is 17.5. The summed E-state index contributed by atoms with van der Waals surface area (Å²) >= 11 is 0. The number of para-hydroxylation sites is 2. The van der Waals surface area contributed by atoms with E-state index >= 15 is 0 Å². The first-order chi connectivity index (χ1) is 25.3. The van der Waals surface area contributed by atoms with Gasteiger partial charge in [0.15, 0.2) is 0 Å². The van der Waals surface area contributed by atoms with Gasteiger partial charge in [0.2, 0.25) is 0 Å². The monoisotopic (exact) mass is 648 g/mol. The zero-order chi connectivity index (χ0) is 33.7. The van der Waals surface area contributed by atoms with E-state index in [4.69, 9.17) is 4.42 Å². The van der Waals surface area contributed by atoms with Crippen molar-refractivity contribution in [3.05, 3.63) is 194 Å². The molecule has 1 heterocycles. The summed E-state index contributed by atoms with van der Waals surface area (Å²) in [6, 6.07) is 69.9. The third kappa shape index (κ3) is 4.70. The molecule has 0 amide bonds. The van der Waals surface area contributed by atoms with E-state index in [0.717, 1.165) is 33.1 Å². The van der Waals surface area contributed by atoms with Gasteiger partial charge in [0.05, 0.1) is 0 Å². The number of furan rings is 1. The van der Waals surface area contributed by atoms with Gasteiger partial charge in [-0.2, -0.15) is 0 Å². The summed E-state index contributed by atoms with van der Waals surface area (Å²) in [5.74, 6) is 0. The second kappa shape index (κ2) is 12.0. The van der Waals surface area contributed by atoms with E-state index in [1.165, 1.54) is 66.1 Å². The fourth-order valence-corrected chi connectivity index (χ4v) is 8.12. The SMILES string of the molecule is c1ccc(-c2ccccc2-c2c3ccccc3c(-c3c(-c4ccccc4)cccc3-c3cccc4c3oc3ccccc34)c3ccccc23)cc1.